The van der Waals surface area contributed by atoms with Gasteiger partial charge in [-0.1, -0.05) is 42.0 Å². The molecule has 33 heavy (non-hydrogen) atoms. The second-order valence-electron chi connectivity index (χ2n) is 7.93. The molecule has 1 fully saturated rings. The van der Waals surface area contributed by atoms with E-state index in [-0.39, 0.29) is 9.77 Å². The Labute approximate surface area is 198 Å². The summed E-state index contributed by atoms with van der Waals surface area (Å²) in [7, 11) is -3.89. The number of nitrogens with one attached hydrogen (secondary N) is 2. The van der Waals surface area contributed by atoms with Gasteiger partial charge in [-0.05, 0) is 41.6 Å². The van der Waals surface area contributed by atoms with Gasteiger partial charge in [0.25, 0.3) is 15.9 Å². The maximum Gasteiger partial charge on any atom is 0.263 e. The van der Waals surface area contributed by atoms with Gasteiger partial charge in [-0.3, -0.25) is 14.4 Å². The molecular weight excluding hydrogens is 458 g/mol. The summed E-state index contributed by atoms with van der Waals surface area (Å²) >= 11 is 1.11. The van der Waals surface area contributed by atoms with E-state index in [0.717, 1.165) is 60.9 Å². The highest BCUT2D eigenvalue weighted by atomic mass is 32.2. The highest BCUT2D eigenvalue weighted by Gasteiger charge is 2.24. The quantitative estimate of drug-likeness (QED) is 0.509. The van der Waals surface area contributed by atoms with Gasteiger partial charge in [-0.2, -0.15) is 0 Å². The number of nitrogens with zero attached hydrogens (tertiary/aromatic N) is 1. The molecule has 0 bridgehead atoms. The lowest BCUT2D eigenvalue weighted by atomic mass is 10.1. The van der Waals surface area contributed by atoms with Crippen LogP contribution in [0.2, 0.25) is 0 Å². The van der Waals surface area contributed by atoms with Gasteiger partial charge in [0.2, 0.25) is 0 Å². The first kappa shape index (κ1) is 23.4. The van der Waals surface area contributed by atoms with E-state index in [1.54, 1.807) is 17.5 Å². The Morgan fingerprint density at radius 2 is 1.73 bits per heavy atom. The first-order chi connectivity index (χ1) is 15.9. The van der Waals surface area contributed by atoms with E-state index >= 15 is 0 Å². The summed E-state index contributed by atoms with van der Waals surface area (Å²) in [5.74, 6) is -0.407. The van der Waals surface area contributed by atoms with Crippen molar-refractivity contribution in [3.63, 3.8) is 0 Å². The molecule has 0 unspecified atom stereocenters. The summed E-state index contributed by atoms with van der Waals surface area (Å²) in [6.45, 7) is 6.25. The molecule has 174 valence electrons. The molecule has 2 N–H and O–H groups in total. The van der Waals surface area contributed by atoms with E-state index in [1.807, 2.05) is 37.3 Å². The molecule has 1 aromatic heterocycles. The Balaban J connectivity index is 1.44. The molecule has 1 saturated heterocycles. The zero-order chi connectivity index (χ0) is 23.3. The van der Waals surface area contributed by atoms with E-state index in [1.165, 1.54) is 6.07 Å². The third kappa shape index (κ3) is 6.00. The topological polar surface area (TPSA) is 87.7 Å². The predicted octanol–water partition coefficient (Wildman–Crippen LogP) is 3.62. The number of aryl methyl sites for hydroxylation is 1. The van der Waals surface area contributed by atoms with Crippen LogP contribution in [0.1, 0.15) is 26.4 Å². The average molecular weight is 486 g/mol. The lowest BCUT2D eigenvalue weighted by Gasteiger charge is -2.27. The summed E-state index contributed by atoms with van der Waals surface area (Å²) in [4.78, 5) is 15.4. The van der Waals surface area contributed by atoms with E-state index in [4.69, 9.17) is 4.74 Å². The number of hydrogen-bond donors (Lipinski definition) is 2. The molecule has 9 heteroatoms. The molecule has 2 aromatic carbocycles. The van der Waals surface area contributed by atoms with Crippen molar-refractivity contribution >= 4 is 33.0 Å². The third-order valence-electron chi connectivity index (χ3n) is 5.48. The van der Waals surface area contributed by atoms with Crippen LogP contribution < -0.4 is 10.0 Å². The summed E-state index contributed by atoms with van der Waals surface area (Å²) in [6.07, 6.45) is 0. The van der Waals surface area contributed by atoms with Gasteiger partial charge in [-0.15, -0.1) is 11.3 Å². The minimum Gasteiger partial charge on any atom is -0.379 e. The van der Waals surface area contributed by atoms with Gasteiger partial charge < -0.3 is 10.1 Å². The Morgan fingerprint density at radius 3 is 2.45 bits per heavy atom. The van der Waals surface area contributed by atoms with Crippen molar-refractivity contribution in [1.29, 1.82) is 0 Å². The number of rotatable bonds is 8. The van der Waals surface area contributed by atoms with Crippen molar-refractivity contribution in [2.45, 2.75) is 24.9 Å². The molecule has 1 amide bonds. The van der Waals surface area contributed by atoms with E-state index in [9.17, 15) is 13.2 Å². The van der Waals surface area contributed by atoms with E-state index in [0.29, 0.717) is 12.2 Å². The van der Waals surface area contributed by atoms with Crippen molar-refractivity contribution in [3.05, 3.63) is 81.5 Å². The minimum absolute atomic E-state index is 0.0211. The largest absolute Gasteiger partial charge is 0.379 e. The van der Waals surface area contributed by atoms with Crippen molar-refractivity contribution < 1.29 is 17.9 Å². The molecule has 0 aliphatic carbocycles. The molecule has 2 heterocycles. The second-order valence-corrected chi connectivity index (χ2v) is 10.5. The lowest BCUT2D eigenvalue weighted by molar-refractivity contribution is 0.0340. The molecule has 0 atom stereocenters. The number of thiophene rings is 1. The number of benzene rings is 2. The molecule has 0 saturated carbocycles. The van der Waals surface area contributed by atoms with Crippen LogP contribution in [-0.2, 0) is 27.8 Å². The van der Waals surface area contributed by atoms with Gasteiger partial charge in [0.15, 0.2) is 0 Å². The van der Waals surface area contributed by atoms with Crippen LogP contribution in [0.4, 0.5) is 5.69 Å². The highest BCUT2D eigenvalue weighted by Crippen LogP contribution is 2.25. The van der Waals surface area contributed by atoms with Crippen LogP contribution in [0.3, 0.4) is 0 Å². The number of sulfonamides is 1. The SMILES string of the molecule is Cc1ccc(NS(=O)(=O)c2ccsc2C(=O)NCc2ccccc2CN2CCOCC2)cc1. The second kappa shape index (κ2) is 10.5. The monoisotopic (exact) mass is 485 g/mol. The van der Waals surface area contributed by atoms with Crippen molar-refractivity contribution in [1.82, 2.24) is 10.2 Å². The summed E-state index contributed by atoms with van der Waals surface area (Å²) in [5, 5.41) is 4.51. The van der Waals surface area contributed by atoms with Crippen LogP contribution >= 0.6 is 11.3 Å². The van der Waals surface area contributed by atoms with Gasteiger partial charge in [0, 0.05) is 31.9 Å². The van der Waals surface area contributed by atoms with Crippen molar-refractivity contribution in [3.8, 4) is 0 Å². The number of carbonyl (C=O) groups excluding carboxylic acids is 1. The molecule has 0 spiro atoms. The molecule has 1 aliphatic heterocycles. The normalized spacial score (nSPS) is 14.7. The molecule has 0 radical (unpaired) electrons. The van der Waals surface area contributed by atoms with Crippen LogP contribution in [0.15, 0.2) is 64.9 Å². The summed E-state index contributed by atoms with van der Waals surface area (Å²) < 4.78 is 33.8. The summed E-state index contributed by atoms with van der Waals surface area (Å²) in [5.41, 5.74) is 3.63. The highest BCUT2D eigenvalue weighted by molar-refractivity contribution is 7.93. The van der Waals surface area contributed by atoms with Crippen LogP contribution in [0.25, 0.3) is 0 Å². The first-order valence-corrected chi connectivity index (χ1v) is 13.1. The smallest absolute Gasteiger partial charge is 0.263 e. The van der Waals surface area contributed by atoms with Crippen LogP contribution in [-0.4, -0.2) is 45.5 Å². The fourth-order valence-corrected chi connectivity index (χ4v) is 6.05. The summed E-state index contributed by atoms with van der Waals surface area (Å²) in [6, 6.07) is 16.5. The van der Waals surface area contributed by atoms with Gasteiger partial charge in [-0.25, -0.2) is 8.42 Å². The predicted molar refractivity (Wildman–Crippen MR) is 130 cm³/mol. The Bertz CT molecular complexity index is 1200. The number of amides is 1. The Morgan fingerprint density at radius 1 is 1.03 bits per heavy atom. The maximum absolute atomic E-state index is 12.9. The molecule has 7 nitrogen and oxygen atoms in total. The molecule has 4 rings (SSSR count). The zero-order valence-electron chi connectivity index (χ0n) is 18.4. The van der Waals surface area contributed by atoms with Crippen molar-refractivity contribution in [2.75, 3.05) is 31.0 Å². The average Bonchev–Trinajstić information content (AvgIpc) is 3.32. The molecular formula is C24H27N3O4S2. The van der Waals surface area contributed by atoms with E-state index < -0.39 is 15.9 Å². The Kier molecular flexibility index (Phi) is 7.44. The third-order valence-corrected chi connectivity index (χ3v) is 7.95. The molecule has 1 aliphatic rings. The Hall–Kier alpha value is -2.72. The lowest BCUT2D eigenvalue weighted by Crippen LogP contribution is -2.36. The van der Waals surface area contributed by atoms with Gasteiger partial charge in [0.05, 0.1) is 13.2 Å². The number of anilines is 1. The van der Waals surface area contributed by atoms with E-state index in [2.05, 4.69) is 21.0 Å². The van der Waals surface area contributed by atoms with Gasteiger partial charge in [0.1, 0.15) is 9.77 Å². The van der Waals surface area contributed by atoms with Crippen molar-refractivity contribution in [2.24, 2.45) is 0 Å². The van der Waals surface area contributed by atoms with Crippen LogP contribution in [0, 0.1) is 6.92 Å². The van der Waals surface area contributed by atoms with Crippen LogP contribution in [0.5, 0.6) is 0 Å². The van der Waals surface area contributed by atoms with Gasteiger partial charge >= 0.3 is 0 Å². The standard InChI is InChI=1S/C24H27N3O4S2/c1-18-6-8-21(9-7-18)26-33(29,30)22-10-15-32-23(22)24(28)25-16-19-4-2-3-5-20(19)17-27-11-13-31-14-12-27/h2-10,15,26H,11-14,16-17H2,1H3,(H,25,28). The number of morpholine rings is 1. The molecule has 3 aromatic rings. The fraction of sp³-hybridized carbons (Fsp3) is 0.292. The zero-order valence-corrected chi connectivity index (χ0v) is 20.0. The number of carbonyl (C=O) groups is 1. The number of ether oxygens (including phenoxy) is 1. The minimum atomic E-state index is -3.89. The fourth-order valence-electron chi connectivity index (χ4n) is 3.65. The maximum atomic E-state index is 12.9. The number of hydrogen-bond acceptors (Lipinski definition) is 6. The first-order valence-electron chi connectivity index (χ1n) is 10.7.